The minimum atomic E-state index is -0.862. The maximum Gasteiger partial charge on any atom is 0.319 e. The number of carboxylic acid groups (broad SMARTS) is 1. The van der Waals surface area contributed by atoms with E-state index in [1.807, 2.05) is 13.0 Å². The first-order valence-corrected chi connectivity index (χ1v) is 8.47. The molecule has 1 aromatic heterocycles. The average molecular weight is 334 g/mol. The highest BCUT2D eigenvalue weighted by Gasteiger charge is 2.21. The van der Waals surface area contributed by atoms with Gasteiger partial charge in [-0.05, 0) is 51.2 Å². The number of nitrogens with one attached hydrogen (secondary N) is 2. The molecule has 1 atom stereocenters. The Kier molecular flexibility index (Phi) is 6.40. The molecule has 7 heteroatoms. The van der Waals surface area contributed by atoms with Crippen molar-refractivity contribution >= 4 is 23.5 Å². The highest BCUT2D eigenvalue weighted by molar-refractivity contribution is 5.89. The van der Waals surface area contributed by atoms with Crippen molar-refractivity contribution < 1.29 is 14.7 Å². The number of carboxylic acids is 1. The van der Waals surface area contributed by atoms with Crippen LogP contribution in [0.4, 0.5) is 16.3 Å². The smallest absolute Gasteiger partial charge is 0.319 e. The molecule has 1 unspecified atom stereocenters. The van der Waals surface area contributed by atoms with E-state index in [9.17, 15) is 9.59 Å². The van der Waals surface area contributed by atoms with Crippen molar-refractivity contribution in [1.29, 1.82) is 0 Å². The molecule has 132 valence electrons. The van der Waals surface area contributed by atoms with Crippen LogP contribution in [-0.4, -0.2) is 41.2 Å². The molecule has 2 heterocycles. The average Bonchev–Trinajstić information content (AvgIpc) is 2.53. The summed E-state index contributed by atoms with van der Waals surface area (Å²) in [6.07, 6.45) is 5.75. The summed E-state index contributed by atoms with van der Waals surface area (Å²) < 4.78 is 0. The first kappa shape index (κ1) is 18.0. The van der Waals surface area contributed by atoms with Crippen molar-refractivity contribution in [3.8, 4) is 0 Å². The van der Waals surface area contributed by atoms with Gasteiger partial charge in [0, 0.05) is 25.6 Å². The Bertz CT molecular complexity index is 591. The third-order valence-corrected chi connectivity index (χ3v) is 4.24. The van der Waals surface area contributed by atoms with Gasteiger partial charge in [-0.25, -0.2) is 9.78 Å². The van der Waals surface area contributed by atoms with Gasteiger partial charge in [-0.2, -0.15) is 0 Å². The fourth-order valence-electron chi connectivity index (χ4n) is 2.97. The zero-order valence-corrected chi connectivity index (χ0v) is 14.3. The second kappa shape index (κ2) is 8.52. The number of aliphatic carboxylic acids is 1. The van der Waals surface area contributed by atoms with Gasteiger partial charge in [-0.15, -0.1) is 0 Å². The lowest BCUT2D eigenvalue weighted by Gasteiger charge is -2.35. The second-order valence-corrected chi connectivity index (χ2v) is 6.28. The fraction of sp³-hybridized carbons (Fsp3) is 0.588. The quantitative estimate of drug-likeness (QED) is 0.695. The summed E-state index contributed by atoms with van der Waals surface area (Å²) in [6.45, 7) is 5.57. The molecule has 1 fully saturated rings. The number of pyridine rings is 1. The minimum absolute atomic E-state index is 0.0453. The number of rotatable bonds is 6. The lowest BCUT2D eigenvalue weighted by atomic mass is 10.0. The summed E-state index contributed by atoms with van der Waals surface area (Å²) in [5.41, 5.74) is 1.67. The maximum atomic E-state index is 11.8. The number of aryl methyl sites for hydroxylation is 1. The number of nitrogens with zero attached hydrogens (tertiary/aromatic N) is 2. The molecular weight excluding hydrogens is 308 g/mol. The van der Waals surface area contributed by atoms with Crippen LogP contribution in [0.3, 0.4) is 0 Å². The Morgan fingerprint density at radius 2 is 2.21 bits per heavy atom. The summed E-state index contributed by atoms with van der Waals surface area (Å²) in [5, 5.41) is 13.9. The SMILES string of the molecule is Cc1cc(NC(=O)NCCCC(=O)O)cnc1N1CCCCC1C. The topological polar surface area (TPSA) is 94.6 Å². The van der Waals surface area contributed by atoms with E-state index in [2.05, 4.69) is 27.4 Å². The predicted octanol–water partition coefficient (Wildman–Crippen LogP) is 2.76. The number of hydrogen-bond acceptors (Lipinski definition) is 4. The van der Waals surface area contributed by atoms with Crippen molar-refractivity contribution in [1.82, 2.24) is 10.3 Å². The van der Waals surface area contributed by atoms with Gasteiger partial charge >= 0.3 is 12.0 Å². The van der Waals surface area contributed by atoms with E-state index in [0.29, 0.717) is 24.7 Å². The second-order valence-electron chi connectivity index (χ2n) is 6.28. The summed E-state index contributed by atoms with van der Waals surface area (Å²) in [6, 6.07) is 2.06. The Labute approximate surface area is 142 Å². The van der Waals surface area contributed by atoms with Gasteiger partial charge in [0.2, 0.25) is 0 Å². The number of amides is 2. The van der Waals surface area contributed by atoms with E-state index in [4.69, 9.17) is 5.11 Å². The van der Waals surface area contributed by atoms with Crippen LogP contribution in [-0.2, 0) is 4.79 Å². The molecule has 1 aromatic rings. The van der Waals surface area contributed by atoms with Crippen molar-refractivity contribution in [2.45, 2.75) is 52.0 Å². The van der Waals surface area contributed by atoms with Crippen LogP contribution >= 0.6 is 0 Å². The molecule has 3 N–H and O–H groups in total. The Hall–Kier alpha value is -2.31. The molecule has 24 heavy (non-hydrogen) atoms. The third kappa shape index (κ3) is 5.11. The Morgan fingerprint density at radius 3 is 2.88 bits per heavy atom. The summed E-state index contributed by atoms with van der Waals surface area (Å²) in [7, 11) is 0. The van der Waals surface area contributed by atoms with Crippen LogP contribution in [0.1, 0.15) is 44.6 Å². The van der Waals surface area contributed by atoms with Crippen LogP contribution in [0.2, 0.25) is 0 Å². The fourth-order valence-corrected chi connectivity index (χ4v) is 2.97. The number of hydrogen-bond donors (Lipinski definition) is 3. The van der Waals surface area contributed by atoms with Crippen LogP contribution in [0.15, 0.2) is 12.3 Å². The molecule has 7 nitrogen and oxygen atoms in total. The third-order valence-electron chi connectivity index (χ3n) is 4.24. The number of anilines is 2. The predicted molar refractivity (Wildman–Crippen MR) is 93.5 cm³/mol. The normalized spacial score (nSPS) is 17.4. The monoisotopic (exact) mass is 334 g/mol. The van der Waals surface area contributed by atoms with Gasteiger partial charge in [0.1, 0.15) is 5.82 Å². The first-order valence-electron chi connectivity index (χ1n) is 8.47. The molecule has 1 aliphatic rings. The molecule has 0 spiro atoms. The standard InChI is InChI=1S/C17H26N4O3/c1-12-10-14(20-17(24)18-8-5-7-15(22)23)11-19-16(12)21-9-4-3-6-13(21)2/h10-11,13H,3-9H2,1-2H3,(H,22,23)(H2,18,20,24). The van der Waals surface area contributed by atoms with Crippen LogP contribution in [0.25, 0.3) is 0 Å². The molecule has 0 radical (unpaired) electrons. The van der Waals surface area contributed by atoms with Gasteiger partial charge in [0.05, 0.1) is 11.9 Å². The molecule has 0 saturated carbocycles. The van der Waals surface area contributed by atoms with E-state index in [1.165, 1.54) is 19.3 Å². The molecule has 1 saturated heterocycles. The first-order chi connectivity index (χ1) is 11.5. The number of piperidine rings is 1. The highest BCUT2D eigenvalue weighted by Crippen LogP contribution is 2.27. The van der Waals surface area contributed by atoms with E-state index in [-0.39, 0.29) is 12.5 Å². The van der Waals surface area contributed by atoms with Crippen molar-refractivity contribution in [3.05, 3.63) is 17.8 Å². The van der Waals surface area contributed by atoms with Crippen molar-refractivity contribution in [2.24, 2.45) is 0 Å². The molecule has 0 bridgehead atoms. The van der Waals surface area contributed by atoms with E-state index < -0.39 is 5.97 Å². The van der Waals surface area contributed by atoms with Crippen LogP contribution < -0.4 is 15.5 Å². The largest absolute Gasteiger partial charge is 0.481 e. The van der Waals surface area contributed by atoms with E-state index in [0.717, 1.165) is 17.9 Å². The Balaban J connectivity index is 1.89. The highest BCUT2D eigenvalue weighted by atomic mass is 16.4. The molecular formula is C17H26N4O3. The van der Waals surface area contributed by atoms with Gasteiger partial charge in [0.25, 0.3) is 0 Å². The van der Waals surface area contributed by atoms with Crippen molar-refractivity contribution in [2.75, 3.05) is 23.3 Å². The number of carbonyl (C=O) groups is 2. The lowest BCUT2D eigenvalue weighted by Crippen LogP contribution is -2.38. The van der Waals surface area contributed by atoms with E-state index >= 15 is 0 Å². The van der Waals surface area contributed by atoms with Gasteiger partial charge in [-0.1, -0.05) is 0 Å². The zero-order valence-electron chi connectivity index (χ0n) is 14.3. The van der Waals surface area contributed by atoms with Crippen molar-refractivity contribution in [3.63, 3.8) is 0 Å². The molecule has 1 aliphatic heterocycles. The van der Waals surface area contributed by atoms with Gasteiger partial charge < -0.3 is 20.6 Å². The number of urea groups is 1. The van der Waals surface area contributed by atoms with Gasteiger partial charge in [-0.3, -0.25) is 4.79 Å². The summed E-state index contributed by atoms with van der Waals surface area (Å²) in [4.78, 5) is 29.1. The molecule has 2 rings (SSSR count). The summed E-state index contributed by atoms with van der Waals surface area (Å²) >= 11 is 0. The van der Waals surface area contributed by atoms with Gasteiger partial charge in [0.15, 0.2) is 0 Å². The molecule has 0 aromatic carbocycles. The Morgan fingerprint density at radius 1 is 1.42 bits per heavy atom. The molecule has 2 amide bonds. The van der Waals surface area contributed by atoms with Crippen LogP contribution in [0.5, 0.6) is 0 Å². The minimum Gasteiger partial charge on any atom is -0.481 e. The number of aromatic nitrogens is 1. The summed E-state index contributed by atoms with van der Waals surface area (Å²) in [5.74, 6) is 0.120. The zero-order chi connectivity index (χ0) is 17.5. The maximum absolute atomic E-state index is 11.8. The molecule has 0 aliphatic carbocycles. The van der Waals surface area contributed by atoms with E-state index in [1.54, 1.807) is 6.20 Å². The number of carbonyl (C=O) groups excluding carboxylic acids is 1. The van der Waals surface area contributed by atoms with Crippen LogP contribution in [0, 0.1) is 6.92 Å². The lowest BCUT2D eigenvalue weighted by molar-refractivity contribution is -0.137.